The fourth-order valence-electron chi connectivity index (χ4n) is 3.09. The van der Waals surface area contributed by atoms with Gasteiger partial charge >= 0.3 is 16.5 Å². The van der Waals surface area contributed by atoms with Crippen molar-refractivity contribution < 1.29 is 50.5 Å². The van der Waals surface area contributed by atoms with Crippen LogP contribution in [-0.4, -0.2) is 6.21 Å². The van der Waals surface area contributed by atoms with Gasteiger partial charge in [0, 0.05) is 16.9 Å². The van der Waals surface area contributed by atoms with Gasteiger partial charge in [0.15, 0.2) is 0 Å². The van der Waals surface area contributed by atoms with E-state index in [1.165, 1.54) is 32.7 Å². The summed E-state index contributed by atoms with van der Waals surface area (Å²) in [5.74, 6) is 0.969. The monoisotopic (exact) mass is 575 g/mol. The number of aryl methyl sites for hydroxylation is 4. The van der Waals surface area contributed by atoms with E-state index >= 15 is 0 Å². The Balaban J connectivity index is 0.00000261. The van der Waals surface area contributed by atoms with Crippen molar-refractivity contribution in [1.82, 2.24) is 0 Å². The van der Waals surface area contributed by atoms with E-state index in [1.54, 1.807) is 0 Å². The van der Waals surface area contributed by atoms with Crippen LogP contribution >= 0.6 is 11.8 Å². The minimum atomic E-state index is 0. The first kappa shape index (κ1) is 28.1. The Morgan fingerprint density at radius 2 is 1.28 bits per heavy atom. The third-order valence-corrected chi connectivity index (χ3v) is 5.94. The van der Waals surface area contributed by atoms with E-state index in [-0.39, 0.29) is 50.5 Å². The van der Waals surface area contributed by atoms with Gasteiger partial charge in [-0.1, -0.05) is 54.6 Å². The number of rotatable bonds is 5. The van der Waals surface area contributed by atoms with Gasteiger partial charge in [0.1, 0.15) is 0 Å². The largest absolute Gasteiger partial charge is 2.00 e. The average Bonchev–Trinajstić information content (AvgIpc) is 2.61. The summed E-state index contributed by atoms with van der Waals surface area (Å²) in [6.07, 6.45) is 1.97. The zero-order chi connectivity index (χ0) is 18.5. The molecule has 29 heavy (non-hydrogen) atoms. The molecule has 0 aliphatic heterocycles. The molecule has 0 fully saturated rings. The molecule has 0 radical (unpaired) electrons. The second kappa shape index (κ2) is 13.4. The topological polar surface area (TPSA) is 12.4 Å². The molecule has 3 aromatic carbocycles. The van der Waals surface area contributed by atoms with Crippen LogP contribution in [0.1, 0.15) is 33.4 Å². The second-order valence-electron chi connectivity index (χ2n) is 6.75. The van der Waals surface area contributed by atoms with Crippen molar-refractivity contribution in [1.29, 1.82) is 0 Å². The number of thioether (sulfide) groups is 1. The summed E-state index contributed by atoms with van der Waals surface area (Å²) in [6.45, 7) is 8.58. The molecule has 0 amide bonds. The number of hydrogen-bond donors (Lipinski definition) is 0. The molecule has 1 nitrogen and oxygen atoms in total. The first-order valence-electron chi connectivity index (χ1n) is 8.93. The number of halogens is 2. The van der Waals surface area contributed by atoms with Gasteiger partial charge in [0.05, 0.1) is 5.69 Å². The maximum atomic E-state index is 4.73. The quantitative estimate of drug-likeness (QED) is 0.250. The van der Waals surface area contributed by atoms with Crippen LogP contribution in [0.4, 0.5) is 5.69 Å². The Morgan fingerprint density at radius 3 is 1.86 bits per heavy atom. The molecule has 0 N–H and O–H groups in total. The summed E-state index contributed by atoms with van der Waals surface area (Å²) >= 11 is 1.91. The molecule has 0 aliphatic carbocycles. The van der Waals surface area contributed by atoms with E-state index in [0.29, 0.717) is 0 Å². The molecule has 3 rings (SSSR count). The molecule has 0 saturated carbocycles. The van der Waals surface area contributed by atoms with E-state index in [1.807, 2.05) is 18.0 Å². The molecule has 156 valence electrons. The van der Waals surface area contributed by atoms with Gasteiger partial charge in [-0.2, -0.15) is 0 Å². The molecular formula is C24H25Br2NNiS. The minimum Gasteiger partial charge on any atom is -1.00 e. The Labute approximate surface area is 210 Å². The number of para-hydroxylation sites is 1. The smallest absolute Gasteiger partial charge is 1.00 e. The van der Waals surface area contributed by atoms with E-state index in [9.17, 15) is 0 Å². The molecule has 0 unspecified atom stereocenters. The van der Waals surface area contributed by atoms with Crippen LogP contribution in [0.15, 0.2) is 70.6 Å². The van der Waals surface area contributed by atoms with Crippen molar-refractivity contribution in [3.05, 3.63) is 94.0 Å². The summed E-state index contributed by atoms with van der Waals surface area (Å²) in [5.41, 5.74) is 8.66. The normalized spacial score (nSPS) is 10.1. The van der Waals surface area contributed by atoms with Crippen LogP contribution in [-0.2, 0) is 22.2 Å². The minimum absolute atomic E-state index is 0. The van der Waals surface area contributed by atoms with Gasteiger partial charge in [-0.05, 0) is 67.1 Å². The molecule has 0 heterocycles. The Morgan fingerprint density at radius 1 is 0.759 bits per heavy atom. The standard InChI is InChI=1S/C24H25NS.2BrH.Ni/c1-17-8-5-9-18(2)23(17)25-15-21-12-7-13-22(14-21)16-26-24-19(3)10-6-11-20(24)4;;;/h5-15H,16H2,1-4H3;2*1H;/q;;;+2/p-2. The van der Waals surface area contributed by atoms with Crippen LogP contribution in [0.25, 0.3) is 0 Å². The SMILES string of the molecule is Cc1cccc(C)c1N=Cc1cccc(CSc2c(C)cccc2C)c1.[Br-].[Br-].[Ni+2]. The summed E-state index contributed by atoms with van der Waals surface area (Å²) < 4.78 is 0. The number of aliphatic imine (C=N–C) groups is 1. The first-order chi connectivity index (χ1) is 12.5. The van der Waals surface area contributed by atoms with E-state index in [4.69, 9.17) is 4.99 Å². The molecule has 0 saturated heterocycles. The van der Waals surface area contributed by atoms with Gasteiger partial charge < -0.3 is 34.0 Å². The summed E-state index contributed by atoms with van der Waals surface area (Å²) in [4.78, 5) is 6.12. The van der Waals surface area contributed by atoms with E-state index < -0.39 is 0 Å². The summed E-state index contributed by atoms with van der Waals surface area (Å²) in [5, 5.41) is 0. The fraction of sp³-hybridized carbons (Fsp3) is 0.208. The van der Waals surface area contributed by atoms with Gasteiger partial charge in [0.2, 0.25) is 0 Å². The Bertz CT molecular complexity index is 917. The van der Waals surface area contributed by atoms with Gasteiger partial charge in [-0.3, -0.25) is 4.99 Å². The van der Waals surface area contributed by atoms with Gasteiger partial charge in [-0.25, -0.2) is 0 Å². The molecule has 0 atom stereocenters. The molecule has 0 aliphatic rings. The van der Waals surface area contributed by atoms with Crippen molar-refractivity contribution in [2.45, 2.75) is 38.3 Å². The number of nitrogens with zero attached hydrogens (tertiary/aromatic N) is 1. The van der Waals surface area contributed by atoms with Crippen molar-refractivity contribution in [2.24, 2.45) is 4.99 Å². The predicted octanol–water partition coefficient (Wildman–Crippen LogP) is 0.969. The summed E-state index contributed by atoms with van der Waals surface area (Å²) in [6, 6.07) is 21.4. The number of benzene rings is 3. The third kappa shape index (κ3) is 7.72. The van der Waals surface area contributed by atoms with Gasteiger partial charge in [0.25, 0.3) is 0 Å². The van der Waals surface area contributed by atoms with E-state index in [2.05, 4.69) is 88.4 Å². The van der Waals surface area contributed by atoms with Crippen LogP contribution in [0.2, 0.25) is 0 Å². The zero-order valence-corrected chi connectivity index (χ0v) is 22.0. The Kier molecular flexibility index (Phi) is 13.0. The zero-order valence-electron chi connectivity index (χ0n) is 17.0. The maximum absolute atomic E-state index is 4.73. The number of hydrogen-bond acceptors (Lipinski definition) is 2. The third-order valence-electron chi connectivity index (χ3n) is 4.53. The van der Waals surface area contributed by atoms with Crippen molar-refractivity contribution in [2.75, 3.05) is 0 Å². The summed E-state index contributed by atoms with van der Waals surface area (Å²) in [7, 11) is 0. The van der Waals surface area contributed by atoms with Crippen LogP contribution in [0.5, 0.6) is 0 Å². The van der Waals surface area contributed by atoms with Crippen LogP contribution in [0, 0.1) is 27.7 Å². The molecular weight excluding hydrogens is 553 g/mol. The van der Waals surface area contributed by atoms with E-state index in [0.717, 1.165) is 17.0 Å². The molecule has 5 heteroatoms. The fourth-order valence-corrected chi connectivity index (χ4v) is 4.18. The van der Waals surface area contributed by atoms with Crippen molar-refractivity contribution in [3.8, 4) is 0 Å². The Hall–Kier alpha value is -0.866. The molecule has 0 bridgehead atoms. The van der Waals surface area contributed by atoms with Gasteiger partial charge in [-0.15, -0.1) is 11.8 Å². The van der Waals surface area contributed by atoms with Crippen LogP contribution in [0.3, 0.4) is 0 Å². The average molecular weight is 578 g/mol. The molecule has 0 aromatic heterocycles. The van der Waals surface area contributed by atoms with Crippen molar-refractivity contribution >= 4 is 23.7 Å². The predicted molar refractivity (Wildman–Crippen MR) is 115 cm³/mol. The first-order valence-corrected chi connectivity index (χ1v) is 9.91. The molecule has 0 spiro atoms. The van der Waals surface area contributed by atoms with Crippen LogP contribution < -0.4 is 34.0 Å². The molecule has 3 aromatic rings. The maximum Gasteiger partial charge on any atom is 2.00 e. The second-order valence-corrected chi connectivity index (χ2v) is 7.74. The van der Waals surface area contributed by atoms with Crippen molar-refractivity contribution in [3.63, 3.8) is 0 Å².